The Morgan fingerprint density at radius 1 is 1.29 bits per heavy atom. The second kappa shape index (κ2) is 5.83. The lowest BCUT2D eigenvalue weighted by atomic mass is 10.3. The third-order valence-corrected chi connectivity index (χ3v) is 2.58. The third kappa shape index (κ3) is 3.21. The van der Waals surface area contributed by atoms with Crippen molar-refractivity contribution in [1.82, 2.24) is 20.2 Å². The average Bonchev–Trinajstić information content (AvgIpc) is 3.19. The Kier molecular flexibility index (Phi) is 3.55. The molecule has 7 nitrogen and oxygen atoms in total. The summed E-state index contributed by atoms with van der Waals surface area (Å²) in [6, 6.07) is 10.4. The molecule has 104 valence electrons. The minimum absolute atomic E-state index is 0.400. The van der Waals surface area contributed by atoms with Gasteiger partial charge >= 0.3 is 5.97 Å². The summed E-state index contributed by atoms with van der Waals surface area (Å²) in [5.41, 5.74) is 0.695. The van der Waals surface area contributed by atoms with Gasteiger partial charge in [-0.2, -0.15) is 0 Å². The van der Waals surface area contributed by atoms with E-state index in [2.05, 4.69) is 15.5 Å². The van der Waals surface area contributed by atoms with Crippen LogP contribution in [0.3, 0.4) is 0 Å². The number of rotatable bonds is 4. The summed E-state index contributed by atoms with van der Waals surface area (Å²) >= 11 is 0. The molecular weight excluding hydrogens is 272 g/mol. The maximum absolute atomic E-state index is 11.7. The highest BCUT2D eigenvalue weighted by atomic mass is 16.5. The van der Waals surface area contributed by atoms with Crippen LogP contribution in [-0.2, 0) is 4.79 Å². The molecule has 0 N–H and O–H groups in total. The predicted octanol–water partition coefficient (Wildman–Crippen LogP) is 1.87. The van der Waals surface area contributed by atoms with Crippen LogP contribution in [-0.4, -0.2) is 26.2 Å². The van der Waals surface area contributed by atoms with Gasteiger partial charge in [-0.15, -0.1) is 5.10 Å². The van der Waals surface area contributed by atoms with Crippen LogP contribution in [0.1, 0.15) is 5.76 Å². The van der Waals surface area contributed by atoms with Crippen LogP contribution < -0.4 is 4.74 Å². The highest BCUT2D eigenvalue weighted by molar-refractivity contribution is 5.88. The molecule has 0 saturated heterocycles. The lowest BCUT2D eigenvalue weighted by Crippen LogP contribution is -2.04. The third-order valence-electron chi connectivity index (χ3n) is 2.58. The van der Waals surface area contributed by atoms with E-state index in [0.717, 1.165) is 0 Å². The van der Waals surface area contributed by atoms with Crippen LogP contribution in [0.2, 0.25) is 0 Å². The van der Waals surface area contributed by atoms with Crippen molar-refractivity contribution in [2.24, 2.45) is 0 Å². The molecule has 0 aliphatic rings. The Labute approximate surface area is 119 Å². The number of furan rings is 1. The fraction of sp³-hybridized carbons (Fsp3) is 0. The quantitative estimate of drug-likeness (QED) is 0.412. The van der Waals surface area contributed by atoms with E-state index >= 15 is 0 Å². The van der Waals surface area contributed by atoms with Crippen LogP contribution in [0.4, 0.5) is 0 Å². The predicted molar refractivity (Wildman–Crippen MR) is 72.5 cm³/mol. The number of carbonyl (C=O) groups is 1. The van der Waals surface area contributed by atoms with Gasteiger partial charge in [0, 0.05) is 12.1 Å². The fourth-order valence-corrected chi connectivity index (χ4v) is 1.66. The van der Waals surface area contributed by atoms with Gasteiger partial charge in [-0.3, -0.25) is 0 Å². The molecule has 3 rings (SSSR count). The molecule has 7 heteroatoms. The van der Waals surface area contributed by atoms with E-state index in [1.54, 1.807) is 36.4 Å². The summed E-state index contributed by atoms with van der Waals surface area (Å²) < 4.78 is 11.8. The highest BCUT2D eigenvalue weighted by Crippen LogP contribution is 2.16. The van der Waals surface area contributed by atoms with Crippen LogP contribution in [0.25, 0.3) is 11.8 Å². The maximum atomic E-state index is 11.7. The summed E-state index contributed by atoms with van der Waals surface area (Å²) in [7, 11) is 0. The van der Waals surface area contributed by atoms with Crippen LogP contribution in [0.5, 0.6) is 5.75 Å². The van der Waals surface area contributed by atoms with Crippen LogP contribution >= 0.6 is 0 Å². The lowest BCUT2D eigenvalue weighted by Gasteiger charge is -2.03. The second-order valence-electron chi connectivity index (χ2n) is 4.02. The second-order valence-corrected chi connectivity index (χ2v) is 4.02. The van der Waals surface area contributed by atoms with Crippen molar-refractivity contribution in [3.63, 3.8) is 0 Å². The Hall–Kier alpha value is -3.22. The van der Waals surface area contributed by atoms with Gasteiger partial charge in [0.25, 0.3) is 0 Å². The van der Waals surface area contributed by atoms with Crippen molar-refractivity contribution in [2.75, 3.05) is 0 Å². The summed E-state index contributed by atoms with van der Waals surface area (Å²) in [6.07, 6.45) is 5.81. The minimum atomic E-state index is -0.500. The number of hydrogen-bond donors (Lipinski definition) is 0. The number of ether oxygens (including phenoxy) is 1. The van der Waals surface area contributed by atoms with Crippen molar-refractivity contribution in [3.8, 4) is 11.4 Å². The van der Waals surface area contributed by atoms with E-state index in [1.807, 2.05) is 0 Å². The molecule has 3 aromatic rings. The average molecular weight is 282 g/mol. The smallest absolute Gasteiger partial charge is 0.336 e. The first kappa shape index (κ1) is 12.8. The molecule has 0 atom stereocenters. The van der Waals surface area contributed by atoms with Gasteiger partial charge in [0.05, 0.1) is 12.0 Å². The lowest BCUT2D eigenvalue weighted by molar-refractivity contribution is -0.128. The fourth-order valence-electron chi connectivity index (χ4n) is 1.66. The Morgan fingerprint density at radius 2 is 2.24 bits per heavy atom. The van der Waals surface area contributed by atoms with Crippen molar-refractivity contribution < 1.29 is 13.9 Å². The molecule has 0 unspecified atom stereocenters. The van der Waals surface area contributed by atoms with Gasteiger partial charge in [-0.05, 0) is 40.8 Å². The van der Waals surface area contributed by atoms with Crippen molar-refractivity contribution in [2.45, 2.75) is 0 Å². The monoisotopic (exact) mass is 282 g/mol. The highest BCUT2D eigenvalue weighted by Gasteiger charge is 2.04. The molecule has 0 radical (unpaired) electrons. The van der Waals surface area contributed by atoms with E-state index in [9.17, 15) is 4.79 Å². The first-order valence-electron chi connectivity index (χ1n) is 6.08. The van der Waals surface area contributed by atoms with E-state index in [1.165, 1.54) is 29.4 Å². The molecule has 0 amide bonds. The van der Waals surface area contributed by atoms with Crippen LogP contribution in [0, 0.1) is 0 Å². The number of carbonyl (C=O) groups excluding carboxylic acids is 1. The topological polar surface area (TPSA) is 83.0 Å². The first-order valence-corrected chi connectivity index (χ1v) is 6.08. The molecule has 0 saturated carbocycles. The van der Waals surface area contributed by atoms with Crippen molar-refractivity contribution in [1.29, 1.82) is 0 Å². The standard InChI is InChI=1S/C14H10N4O3/c19-14(7-6-12-5-2-8-20-12)21-13-4-1-3-11(9-13)18-10-15-16-17-18/h1-10H. The van der Waals surface area contributed by atoms with Crippen molar-refractivity contribution in [3.05, 3.63) is 60.8 Å². The molecule has 0 aliphatic carbocycles. The van der Waals surface area contributed by atoms with E-state index in [-0.39, 0.29) is 0 Å². The zero-order valence-electron chi connectivity index (χ0n) is 10.8. The van der Waals surface area contributed by atoms with Gasteiger partial charge in [0.15, 0.2) is 0 Å². The zero-order valence-corrected chi connectivity index (χ0v) is 10.8. The molecule has 0 bridgehead atoms. The van der Waals surface area contributed by atoms with E-state index in [0.29, 0.717) is 17.2 Å². The number of nitrogens with zero attached hydrogens (tertiary/aromatic N) is 4. The Bertz CT molecular complexity index is 748. The molecule has 0 spiro atoms. The van der Waals surface area contributed by atoms with Gasteiger partial charge in [0.2, 0.25) is 0 Å². The molecular formula is C14H10N4O3. The molecule has 2 aromatic heterocycles. The van der Waals surface area contributed by atoms with Crippen molar-refractivity contribution >= 4 is 12.0 Å². The number of esters is 1. The SMILES string of the molecule is O=C(C=Cc1ccco1)Oc1cccc(-n2cnnn2)c1. The summed E-state index contributed by atoms with van der Waals surface area (Å²) in [5, 5.41) is 10.9. The first-order chi connectivity index (χ1) is 10.3. The maximum Gasteiger partial charge on any atom is 0.336 e. The number of tetrazole rings is 1. The van der Waals surface area contributed by atoms with E-state index < -0.39 is 5.97 Å². The van der Waals surface area contributed by atoms with E-state index in [4.69, 9.17) is 9.15 Å². The van der Waals surface area contributed by atoms with Gasteiger partial charge in [0.1, 0.15) is 17.8 Å². The number of aromatic nitrogens is 4. The van der Waals surface area contributed by atoms with Gasteiger partial charge in [-0.25, -0.2) is 9.48 Å². The number of hydrogen-bond acceptors (Lipinski definition) is 6. The largest absolute Gasteiger partial charge is 0.465 e. The molecule has 0 aliphatic heterocycles. The zero-order chi connectivity index (χ0) is 14.5. The molecule has 0 fully saturated rings. The summed E-state index contributed by atoms with van der Waals surface area (Å²) in [5.74, 6) is 0.478. The minimum Gasteiger partial charge on any atom is -0.465 e. The Balaban J connectivity index is 1.70. The summed E-state index contributed by atoms with van der Waals surface area (Å²) in [4.78, 5) is 11.7. The summed E-state index contributed by atoms with van der Waals surface area (Å²) in [6.45, 7) is 0. The van der Waals surface area contributed by atoms with Gasteiger partial charge < -0.3 is 9.15 Å². The molecule has 21 heavy (non-hydrogen) atoms. The number of benzene rings is 1. The Morgan fingerprint density at radius 3 is 3.00 bits per heavy atom. The molecule has 2 heterocycles. The normalized spacial score (nSPS) is 10.9. The van der Waals surface area contributed by atoms with Gasteiger partial charge in [-0.1, -0.05) is 6.07 Å². The van der Waals surface area contributed by atoms with Crippen LogP contribution in [0.15, 0.2) is 59.5 Å². The molecule has 1 aromatic carbocycles.